The van der Waals surface area contributed by atoms with E-state index in [1.165, 1.54) is 0 Å². The van der Waals surface area contributed by atoms with Gasteiger partial charge in [-0.05, 0) is 51.1 Å². The largest absolute Gasteiger partial charge is 0.455 e. The first-order chi connectivity index (χ1) is 10.9. The highest BCUT2D eigenvalue weighted by atomic mass is 16.6. The number of amides is 1. The number of nitriles is 1. The Morgan fingerprint density at radius 1 is 1.13 bits per heavy atom. The highest BCUT2D eigenvalue weighted by Crippen LogP contribution is 2.30. The quantitative estimate of drug-likeness (QED) is 0.892. The van der Waals surface area contributed by atoms with Crippen molar-refractivity contribution in [3.63, 3.8) is 0 Å². The maximum absolute atomic E-state index is 11.9. The van der Waals surface area contributed by atoms with Gasteiger partial charge in [0.05, 0.1) is 17.3 Å². The first-order valence-electron chi connectivity index (χ1n) is 7.14. The van der Waals surface area contributed by atoms with Crippen molar-refractivity contribution in [1.29, 1.82) is 5.26 Å². The lowest BCUT2D eigenvalue weighted by Crippen LogP contribution is -2.27. The zero-order valence-electron chi connectivity index (χ0n) is 13.3. The molecule has 23 heavy (non-hydrogen) atoms. The third-order valence-electron chi connectivity index (χ3n) is 2.71. The summed E-state index contributed by atoms with van der Waals surface area (Å²) in [5.74, 6) is 0.982. The Kier molecular flexibility index (Phi) is 4.87. The molecule has 1 N–H and O–H groups in total. The van der Waals surface area contributed by atoms with Gasteiger partial charge in [0, 0.05) is 0 Å². The van der Waals surface area contributed by atoms with Crippen LogP contribution in [0.4, 0.5) is 10.5 Å². The molecule has 2 aromatic rings. The van der Waals surface area contributed by atoms with Gasteiger partial charge in [-0.15, -0.1) is 0 Å². The van der Waals surface area contributed by atoms with Crippen LogP contribution < -0.4 is 10.1 Å². The number of carbonyl (C=O) groups excluding carboxylic acids is 1. The van der Waals surface area contributed by atoms with Crippen LogP contribution in [-0.2, 0) is 4.74 Å². The van der Waals surface area contributed by atoms with Crippen LogP contribution in [0.3, 0.4) is 0 Å². The Labute approximate surface area is 135 Å². The summed E-state index contributed by atoms with van der Waals surface area (Å²) in [4.78, 5) is 11.9. The van der Waals surface area contributed by atoms with Crippen LogP contribution in [0, 0.1) is 11.3 Å². The molecular weight excluding hydrogens is 292 g/mol. The van der Waals surface area contributed by atoms with Crippen LogP contribution in [0.5, 0.6) is 11.5 Å². The predicted octanol–water partition coefficient (Wildman–Crippen LogP) is 4.70. The van der Waals surface area contributed by atoms with Gasteiger partial charge in [0.1, 0.15) is 11.4 Å². The average molecular weight is 310 g/mol. The Bertz CT molecular complexity index is 742. The number of carbonyl (C=O) groups is 1. The zero-order chi connectivity index (χ0) is 16.9. The predicted molar refractivity (Wildman–Crippen MR) is 87.5 cm³/mol. The monoisotopic (exact) mass is 310 g/mol. The molecule has 0 fully saturated rings. The number of hydrogen-bond acceptors (Lipinski definition) is 4. The van der Waals surface area contributed by atoms with E-state index in [9.17, 15) is 4.79 Å². The molecule has 0 spiro atoms. The van der Waals surface area contributed by atoms with E-state index in [-0.39, 0.29) is 0 Å². The third-order valence-corrected chi connectivity index (χ3v) is 2.71. The van der Waals surface area contributed by atoms with E-state index in [1.54, 1.807) is 69.3 Å². The van der Waals surface area contributed by atoms with Gasteiger partial charge in [0.25, 0.3) is 0 Å². The molecule has 0 atom stereocenters. The van der Waals surface area contributed by atoms with Crippen molar-refractivity contribution in [1.82, 2.24) is 0 Å². The second kappa shape index (κ2) is 6.84. The second-order valence-corrected chi connectivity index (χ2v) is 5.86. The zero-order valence-corrected chi connectivity index (χ0v) is 13.3. The smallest absolute Gasteiger partial charge is 0.412 e. The van der Waals surface area contributed by atoms with Gasteiger partial charge in [0.15, 0.2) is 5.75 Å². The minimum absolute atomic E-state index is 0.466. The highest BCUT2D eigenvalue weighted by molar-refractivity contribution is 5.87. The SMILES string of the molecule is CC(C)(C)OC(=O)Nc1ccccc1Oc1cccc(C#N)c1. The average Bonchev–Trinajstić information content (AvgIpc) is 2.47. The molecule has 0 heterocycles. The lowest BCUT2D eigenvalue weighted by Gasteiger charge is -2.20. The van der Waals surface area contributed by atoms with Gasteiger partial charge >= 0.3 is 6.09 Å². The Morgan fingerprint density at radius 2 is 1.87 bits per heavy atom. The Morgan fingerprint density at radius 3 is 2.57 bits per heavy atom. The normalized spacial score (nSPS) is 10.5. The number of anilines is 1. The van der Waals surface area contributed by atoms with Crippen molar-refractivity contribution in [2.75, 3.05) is 5.32 Å². The molecule has 5 nitrogen and oxygen atoms in total. The van der Waals surface area contributed by atoms with Crippen LogP contribution in [0.25, 0.3) is 0 Å². The topological polar surface area (TPSA) is 71.3 Å². The summed E-state index contributed by atoms with van der Waals surface area (Å²) in [6.07, 6.45) is -0.556. The van der Waals surface area contributed by atoms with Crippen LogP contribution in [-0.4, -0.2) is 11.7 Å². The highest BCUT2D eigenvalue weighted by Gasteiger charge is 2.17. The van der Waals surface area contributed by atoms with Gasteiger partial charge in [-0.2, -0.15) is 5.26 Å². The van der Waals surface area contributed by atoms with E-state index in [4.69, 9.17) is 14.7 Å². The van der Waals surface area contributed by atoms with Gasteiger partial charge < -0.3 is 9.47 Å². The molecule has 118 valence electrons. The summed E-state index contributed by atoms with van der Waals surface area (Å²) in [6.45, 7) is 5.38. The first-order valence-corrected chi connectivity index (χ1v) is 7.14. The summed E-state index contributed by atoms with van der Waals surface area (Å²) in [6, 6.07) is 15.9. The fourth-order valence-corrected chi connectivity index (χ4v) is 1.83. The first kappa shape index (κ1) is 16.4. The number of nitrogens with one attached hydrogen (secondary N) is 1. The van der Waals surface area contributed by atoms with E-state index >= 15 is 0 Å². The Hall–Kier alpha value is -3.00. The standard InChI is InChI=1S/C18H18N2O3/c1-18(2,3)23-17(21)20-15-9-4-5-10-16(15)22-14-8-6-7-13(11-14)12-19/h4-11H,1-3H3,(H,20,21). The van der Waals surface area contributed by atoms with Crippen LogP contribution in [0.1, 0.15) is 26.3 Å². The summed E-state index contributed by atoms with van der Waals surface area (Å²) < 4.78 is 11.0. The number of nitrogens with zero attached hydrogens (tertiary/aromatic N) is 1. The maximum Gasteiger partial charge on any atom is 0.412 e. The molecule has 5 heteroatoms. The maximum atomic E-state index is 11.9. The molecule has 0 bridgehead atoms. The molecule has 2 aromatic carbocycles. The summed E-state index contributed by atoms with van der Waals surface area (Å²) >= 11 is 0. The minimum Gasteiger partial charge on any atom is -0.455 e. The molecule has 1 amide bonds. The molecule has 0 saturated carbocycles. The van der Waals surface area contributed by atoms with E-state index in [1.807, 2.05) is 0 Å². The number of hydrogen-bond donors (Lipinski definition) is 1. The van der Waals surface area contributed by atoms with Crippen molar-refractivity contribution in [2.24, 2.45) is 0 Å². The van der Waals surface area contributed by atoms with Crippen molar-refractivity contribution in [3.8, 4) is 17.6 Å². The molecule has 0 aliphatic carbocycles. The van der Waals surface area contributed by atoms with Crippen molar-refractivity contribution in [2.45, 2.75) is 26.4 Å². The molecule has 0 aliphatic rings. The summed E-state index contributed by atoms with van der Waals surface area (Å²) in [7, 11) is 0. The fourth-order valence-electron chi connectivity index (χ4n) is 1.83. The molecule has 0 aromatic heterocycles. The number of para-hydroxylation sites is 2. The summed E-state index contributed by atoms with van der Waals surface area (Å²) in [5, 5.41) is 11.6. The van der Waals surface area contributed by atoms with Gasteiger partial charge in [-0.25, -0.2) is 4.79 Å². The molecule has 2 rings (SSSR count). The van der Waals surface area contributed by atoms with Crippen molar-refractivity contribution in [3.05, 3.63) is 54.1 Å². The van der Waals surface area contributed by atoms with Gasteiger partial charge in [-0.3, -0.25) is 5.32 Å². The molecular formula is C18H18N2O3. The van der Waals surface area contributed by atoms with Crippen LogP contribution in [0.15, 0.2) is 48.5 Å². The summed E-state index contributed by atoms with van der Waals surface area (Å²) in [5.41, 5.74) is 0.408. The van der Waals surface area contributed by atoms with E-state index in [0.29, 0.717) is 22.7 Å². The molecule has 0 aliphatic heterocycles. The van der Waals surface area contributed by atoms with Gasteiger partial charge in [0.2, 0.25) is 0 Å². The number of ether oxygens (including phenoxy) is 2. The molecule has 0 saturated heterocycles. The molecule has 0 radical (unpaired) electrons. The molecule has 0 unspecified atom stereocenters. The lowest BCUT2D eigenvalue weighted by atomic mass is 10.2. The van der Waals surface area contributed by atoms with E-state index in [2.05, 4.69) is 11.4 Å². The second-order valence-electron chi connectivity index (χ2n) is 5.86. The number of benzene rings is 2. The third kappa shape index (κ3) is 5.04. The van der Waals surface area contributed by atoms with Crippen molar-refractivity contribution >= 4 is 11.8 Å². The van der Waals surface area contributed by atoms with Crippen LogP contribution in [0.2, 0.25) is 0 Å². The van der Waals surface area contributed by atoms with E-state index < -0.39 is 11.7 Å². The number of rotatable bonds is 3. The van der Waals surface area contributed by atoms with E-state index in [0.717, 1.165) is 0 Å². The fraction of sp³-hybridized carbons (Fsp3) is 0.222. The van der Waals surface area contributed by atoms with Crippen LogP contribution >= 0.6 is 0 Å². The van der Waals surface area contributed by atoms with Crippen molar-refractivity contribution < 1.29 is 14.3 Å². The Balaban J connectivity index is 2.17. The van der Waals surface area contributed by atoms with Gasteiger partial charge in [-0.1, -0.05) is 18.2 Å². The minimum atomic E-state index is -0.582. The lowest BCUT2D eigenvalue weighted by molar-refractivity contribution is 0.0635.